The van der Waals surface area contributed by atoms with Gasteiger partial charge >= 0.3 is 62.0 Å². The first-order valence-electron chi connectivity index (χ1n) is 2.96. The average molecular weight is 122 g/mol. The van der Waals surface area contributed by atoms with Gasteiger partial charge in [0.15, 0.2) is 0 Å². The van der Waals surface area contributed by atoms with Crippen LogP contribution >= 0.6 is 0 Å². The fraction of sp³-hybridized carbons (Fsp3) is 0.800. The van der Waals surface area contributed by atoms with Crippen LogP contribution in [-0.4, -0.2) is 39.2 Å². The Kier molecular flexibility index (Phi) is 1.60. The van der Waals surface area contributed by atoms with E-state index in [-0.39, 0.29) is 6.10 Å². The summed E-state index contributed by atoms with van der Waals surface area (Å²) in [6, 6.07) is 0. The molecule has 0 spiro atoms. The van der Waals surface area contributed by atoms with Crippen molar-refractivity contribution in [3.63, 3.8) is 0 Å². The summed E-state index contributed by atoms with van der Waals surface area (Å²) in [5.41, 5.74) is 0. The molecule has 0 aromatic heterocycles. The zero-order valence-corrected chi connectivity index (χ0v) is 5.55. The third-order valence-corrected chi connectivity index (χ3v) is 1.59. The van der Waals surface area contributed by atoms with Gasteiger partial charge < -0.3 is 0 Å². The molecule has 3 nitrogen and oxygen atoms in total. The first-order valence-corrected chi connectivity index (χ1v) is 2.96. The van der Waals surface area contributed by atoms with Crippen molar-refractivity contribution in [1.82, 2.24) is 0 Å². The van der Waals surface area contributed by atoms with Crippen LogP contribution < -0.4 is 0 Å². The van der Waals surface area contributed by atoms with Gasteiger partial charge in [0.1, 0.15) is 0 Å². The number of hydrogen-bond donors (Lipinski definition) is 1. The Balaban J connectivity index is 2.50. The molecule has 1 fully saturated rings. The summed E-state index contributed by atoms with van der Waals surface area (Å²) < 4.78 is 4.10. The summed E-state index contributed by atoms with van der Waals surface area (Å²) in [5, 5.41) is 8.49. The molecule has 4 heteroatoms. The predicted molar refractivity (Wildman–Crippen MR) is 31.3 cm³/mol. The van der Waals surface area contributed by atoms with Crippen molar-refractivity contribution in [2.75, 3.05) is 0 Å². The van der Waals surface area contributed by atoms with Gasteiger partial charge in [-0.25, -0.2) is 0 Å². The zero-order valence-electron chi connectivity index (χ0n) is 5.55. The Morgan fingerprint density at radius 1 is 2.00 bits per heavy atom. The molecule has 1 aliphatic heterocycles. The second-order valence-electron chi connectivity index (χ2n) is 2.67. The number of carboxylic acids is 1. The molecule has 1 aliphatic rings. The molecule has 0 bridgehead atoms. The first-order chi connectivity index (χ1) is 4.04. The van der Waals surface area contributed by atoms with Crippen molar-refractivity contribution >= 4 is 23.7 Å². The Morgan fingerprint density at radius 3 is 2.56 bits per heavy atom. The first kappa shape index (κ1) is 7.14. The van der Waals surface area contributed by atoms with Gasteiger partial charge in [-0.3, -0.25) is 0 Å². The van der Waals surface area contributed by atoms with Crippen LogP contribution in [0.5, 0.6) is 0 Å². The van der Waals surface area contributed by atoms with E-state index in [1.54, 1.807) is 17.7 Å². The summed E-state index contributed by atoms with van der Waals surface area (Å²) in [7, 11) is 0. The second kappa shape index (κ2) is 2.01. The van der Waals surface area contributed by atoms with Crippen LogP contribution in [0.3, 0.4) is 0 Å². The minimum atomic E-state index is -0.889. The molecule has 1 N–H and O–H groups in total. The van der Waals surface area contributed by atoms with Crippen LogP contribution in [0.2, 0.25) is 0 Å². The number of rotatable bonds is 1. The van der Waals surface area contributed by atoms with Crippen LogP contribution in [0.15, 0.2) is 0 Å². The van der Waals surface area contributed by atoms with E-state index in [0.717, 1.165) is 0 Å². The van der Waals surface area contributed by atoms with Gasteiger partial charge in [-0.15, -0.1) is 0 Å². The molecule has 9 heavy (non-hydrogen) atoms. The molecule has 0 amide bonds. The van der Waals surface area contributed by atoms with Crippen molar-refractivity contribution in [2.24, 2.45) is 0 Å². The third-order valence-electron chi connectivity index (χ3n) is 1.59. The summed E-state index contributed by atoms with van der Waals surface area (Å²) >= 11 is 1.59. The van der Waals surface area contributed by atoms with Crippen molar-refractivity contribution in [3.8, 4) is 0 Å². The predicted octanol–water partition coefficient (Wildman–Crippen LogP) is -0.255. The van der Waals surface area contributed by atoms with Crippen LogP contribution in [-0.2, 0) is 9.53 Å². The fourth-order valence-corrected chi connectivity index (χ4v) is 1.12. The monoisotopic (exact) mass is 122 g/mol. The maximum absolute atomic E-state index is 10.3. The van der Waals surface area contributed by atoms with Crippen LogP contribution in [0.4, 0.5) is 0 Å². The molecule has 0 aliphatic carbocycles. The molecule has 1 saturated heterocycles. The normalized spacial score (nSPS) is 41.9. The summed E-state index contributed by atoms with van der Waals surface area (Å²) in [6.07, 6.45) is 0.744. The number of carboxylic acid groups (broad SMARTS) is 1. The summed E-state index contributed by atoms with van der Waals surface area (Å²) in [6.45, 7) is 1.87. The van der Waals surface area contributed by atoms with Crippen molar-refractivity contribution < 1.29 is 14.6 Å². The molecular weight excluding hydrogens is 115 g/mol. The molecule has 0 aromatic rings. The molecule has 46 valence electrons. The quantitative estimate of drug-likeness (QED) is 0.487. The standard InChI is InChI=1S/C5H7O3.Li/c1-3-2-4(8-3)5(6)7;/h3H,2H2,1H3,(H,6,7);/t3-;/m1./s1. The van der Waals surface area contributed by atoms with Crippen LogP contribution in [0.1, 0.15) is 13.3 Å². The van der Waals surface area contributed by atoms with Gasteiger partial charge in [-0.1, -0.05) is 0 Å². The van der Waals surface area contributed by atoms with E-state index in [9.17, 15) is 4.79 Å². The fourth-order valence-electron chi connectivity index (χ4n) is 1.12. The zero-order chi connectivity index (χ0) is 7.07. The molecule has 1 heterocycles. The Hall–Kier alpha value is 0.0274. The van der Waals surface area contributed by atoms with E-state index < -0.39 is 10.2 Å². The van der Waals surface area contributed by atoms with E-state index in [0.29, 0.717) is 6.42 Å². The average Bonchev–Trinajstić information content (AvgIpc) is 1.62. The number of aliphatic carboxylic acids is 1. The van der Waals surface area contributed by atoms with Gasteiger partial charge in [0.2, 0.25) is 0 Å². The van der Waals surface area contributed by atoms with Crippen molar-refractivity contribution in [2.45, 2.75) is 23.7 Å². The Bertz CT molecular complexity index is 139. The second-order valence-corrected chi connectivity index (χ2v) is 2.67. The molecule has 0 aromatic carbocycles. The minimum absolute atomic E-state index is 0.117. The Labute approximate surface area is 62.6 Å². The van der Waals surface area contributed by atoms with E-state index in [4.69, 9.17) is 9.84 Å². The van der Waals surface area contributed by atoms with Gasteiger partial charge in [-0.05, 0) is 0 Å². The topological polar surface area (TPSA) is 46.5 Å². The van der Waals surface area contributed by atoms with E-state index in [1.165, 1.54) is 0 Å². The van der Waals surface area contributed by atoms with Crippen LogP contribution in [0, 0.1) is 0 Å². The van der Waals surface area contributed by atoms with Crippen molar-refractivity contribution in [1.29, 1.82) is 0 Å². The number of carbonyl (C=O) groups is 1. The van der Waals surface area contributed by atoms with Gasteiger partial charge in [0.05, 0.1) is 0 Å². The molecule has 1 rings (SSSR count). The molecule has 0 saturated carbocycles. The number of hydrogen-bond acceptors (Lipinski definition) is 2. The number of ether oxygens (including phenoxy) is 1. The van der Waals surface area contributed by atoms with Crippen molar-refractivity contribution in [3.05, 3.63) is 0 Å². The van der Waals surface area contributed by atoms with Crippen LogP contribution in [0.25, 0.3) is 0 Å². The van der Waals surface area contributed by atoms with Gasteiger partial charge in [-0.2, -0.15) is 0 Å². The molecule has 2 atom stereocenters. The molecule has 1 unspecified atom stereocenters. The maximum atomic E-state index is 10.3. The Morgan fingerprint density at radius 2 is 2.44 bits per heavy atom. The molecule has 0 radical (unpaired) electrons. The third kappa shape index (κ3) is 1.14. The molecular formula is C5H7LiO3. The van der Waals surface area contributed by atoms with E-state index in [1.807, 2.05) is 6.92 Å². The SMILES string of the molecule is [Li][C]1(C(=O)O)C[C@@H](C)O1. The summed E-state index contributed by atoms with van der Waals surface area (Å²) in [5.74, 6) is -0.861. The van der Waals surface area contributed by atoms with E-state index >= 15 is 0 Å². The van der Waals surface area contributed by atoms with Gasteiger partial charge in [0, 0.05) is 0 Å². The van der Waals surface area contributed by atoms with Gasteiger partial charge in [0.25, 0.3) is 0 Å². The van der Waals surface area contributed by atoms with E-state index in [2.05, 4.69) is 0 Å². The summed E-state index contributed by atoms with van der Waals surface area (Å²) in [4.78, 5) is 10.3.